The van der Waals surface area contributed by atoms with Crippen LogP contribution in [0.2, 0.25) is 0 Å². The minimum absolute atomic E-state index is 0.646. The van der Waals surface area contributed by atoms with Crippen molar-refractivity contribution < 1.29 is 5.11 Å². The monoisotopic (exact) mass is 152 g/mol. The molecule has 0 saturated heterocycles. The second-order valence-electron chi connectivity index (χ2n) is 3.94. The Balaban J connectivity index is 2.04. The quantitative estimate of drug-likeness (QED) is 0.565. The molecule has 2 aliphatic rings. The first-order valence-corrected chi connectivity index (χ1v) is 4.74. The van der Waals surface area contributed by atoms with Crippen LogP contribution in [-0.2, 0) is 0 Å². The Labute approximate surface area is 68.1 Å². The second-order valence-corrected chi connectivity index (χ2v) is 3.94. The van der Waals surface area contributed by atoms with Gasteiger partial charge in [-0.3, -0.25) is 0 Å². The van der Waals surface area contributed by atoms with Gasteiger partial charge in [0.05, 0.1) is 5.76 Å². The highest BCUT2D eigenvalue weighted by Gasteiger charge is 2.27. The lowest BCUT2D eigenvalue weighted by molar-refractivity contribution is 0.194. The lowest BCUT2D eigenvalue weighted by Gasteiger charge is -2.33. The van der Waals surface area contributed by atoms with Gasteiger partial charge < -0.3 is 5.11 Å². The van der Waals surface area contributed by atoms with Crippen LogP contribution in [0.25, 0.3) is 0 Å². The third-order valence-electron chi connectivity index (χ3n) is 3.19. The van der Waals surface area contributed by atoms with Crippen molar-refractivity contribution in [1.29, 1.82) is 0 Å². The Morgan fingerprint density at radius 3 is 2.73 bits per heavy atom. The van der Waals surface area contributed by atoms with E-state index in [1.807, 2.05) is 6.08 Å². The van der Waals surface area contributed by atoms with Crippen LogP contribution in [0.5, 0.6) is 0 Å². The Kier molecular flexibility index (Phi) is 1.89. The van der Waals surface area contributed by atoms with Crippen molar-refractivity contribution in [2.45, 2.75) is 38.5 Å². The van der Waals surface area contributed by atoms with E-state index < -0.39 is 0 Å². The van der Waals surface area contributed by atoms with E-state index in [9.17, 15) is 5.11 Å². The molecule has 1 heteroatoms. The molecule has 0 radical (unpaired) electrons. The third kappa shape index (κ3) is 1.42. The standard InChI is InChI=1S/C10H16O/c11-10-6-5-8-3-1-2-4-9(8)7-10/h6,8-9,11H,1-5,7H2/t8-,9-/m0/s1. The zero-order chi connectivity index (χ0) is 7.68. The first kappa shape index (κ1) is 7.20. The van der Waals surface area contributed by atoms with Crippen molar-refractivity contribution in [3.8, 4) is 0 Å². The van der Waals surface area contributed by atoms with E-state index in [-0.39, 0.29) is 0 Å². The number of aliphatic hydroxyl groups excluding tert-OH is 1. The van der Waals surface area contributed by atoms with Gasteiger partial charge in [0.25, 0.3) is 0 Å². The van der Waals surface area contributed by atoms with Crippen molar-refractivity contribution >= 4 is 0 Å². The fraction of sp³-hybridized carbons (Fsp3) is 0.800. The highest BCUT2D eigenvalue weighted by Crippen LogP contribution is 2.39. The predicted molar refractivity (Wildman–Crippen MR) is 45.4 cm³/mol. The molecular weight excluding hydrogens is 136 g/mol. The van der Waals surface area contributed by atoms with Gasteiger partial charge in [-0.1, -0.05) is 12.8 Å². The Morgan fingerprint density at radius 1 is 1.18 bits per heavy atom. The van der Waals surface area contributed by atoms with Crippen LogP contribution in [0.3, 0.4) is 0 Å². The second kappa shape index (κ2) is 2.88. The van der Waals surface area contributed by atoms with Gasteiger partial charge in [-0.15, -0.1) is 0 Å². The molecule has 1 fully saturated rings. The molecule has 1 nitrogen and oxygen atoms in total. The number of hydrogen-bond donors (Lipinski definition) is 1. The van der Waals surface area contributed by atoms with E-state index in [4.69, 9.17) is 0 Å². The molecule has 0 aromatic carbocycles. The van der Waals surface area contributed by atoms with Gasteiger partial charge >= 0.3 is 0 Å². The fourth-order valence-corrected chi connectivity index (χ4v) is 2.50. The molecule has 0 heterocycles. The van der Waals surface area contributed by atoms with Crippen LogP contribution in [0.4, 0.5) is 0 Å². The van der Waals surface area contributed by atoms with E-state index in [0.717, 1.165) is 24.7 Å². The largest absolute Gasteiger partial charge is 0.513 e. The molecule has 2 rings (SSSR count). The minimum atomic E-state index is 0.646. The third-order valence-corrected chi connectivity index (χ3v) is 3.19. The predicted octanol–water partition coefficient (Wildman–Crippen LogP) is 3.03. The number of allylic oxidation sites excluding steroid dienone is 2. The molecule has 0 aliphatic heterocycles. The highest BCUT2D eigenvalue weighted by molar-refractivity contribution is 5.01. The summed E-state index contributed by atoms with van der Waals surface area (Å²) in [6, 6.07) is 0. The molecule has 2 aliphatic carbocycles. The fourth-order valence-electron chi connectivity index (χ4n) is 2.50. The molecule has 1 N–H and O–H groups in total. The lowest BCUT2D eigenvalue weighted by atomic mass is 9.73. The van der Waals surface area contributed by atoms with Crippen LogP contribution in [0.1, 0.15) is 38.5 Å². The van der Waals surface area contributed by atoms with Crippen LogP contribution >= 0.6 is 0 Å². The van der Waals surface area contributed by atoms with Crippen LogP contribution in [0.15, 0.2) is 11.8 Å². The van der Waals surface area contributed by atoms with Crippen molar-refractivity contribution in [3.63, 3.8) is 0 Å². The summed E-state index contributed by atoms with van der Waals surface area (Å²) in [5.74, 6) is 2.36. The van der Waals surface area contributed by atoms with Crippen LogP contribution in [-0.4, -0.2) is 5.11 Å². The Hall–Kier alpha value is -0.460. The summed E-state index contributed by atoms with van der Waals surface area (Å²) in [5, 5.41) is 9.31. The summed E-state index contributed by atoms with van der Waals surface area (Å²) in [5.41, 5.74) is 0. The van der Waals surface area contributed by atoms with Crippen molar-refractivity contribution in [2.75, 3.05) is 0 Å². The highest BCUT2D eigenvalue weighted by atomic mass is 16.3. The van der Waals surface area contributed by atoms with Gasteiger partial charge in [-0.25, -0.2) is 0 Å². The molecular formula is C10H16O. The van der Waals surface area contributed by atoms with E-state index >= 15 is 0 Å². The molecule has 2 atom stereocenters. The first-order chi connectivity index (χ1) is 5.36. The van der Waals surface area contributed by atoms with Gasteiger partial charge in [0.1, 0.15) is 0 Å². The summed E-state index contributed by atoms with van der Waals surface area (Å²) < 4.78 is 0. The van der Waals surface area contributed by atoms with E-state index in [2.05, 4.69) is 0 Å². The smallest absolute Gasteiger partial charge is 0.0885 e. The molecule has 62 valence electrons. The van der Waals surface area contributed by atoms with Gasteiger partial charge in [-0.05, 0) is 37.2 Å². The van der Waals surface area contributed by atoms with Crippen molar-refractivity contribution in [1.82, 2.24) is 0 Å². The average Bonchev–Trinajstić information content (AvgIpc) is 2.04. The van der Waals surface area contributed by atoms with Crippen LogP contribution < -0.4 is 0 Å². The normalized spacial score (nSPS) is 37.6. The average molecular weight is 152 g/mol. The Morgan fingerprint density at radius 2 is 1.91 bits per heavy atom. The molecule has 0 aromatic rings. The molecule has 1 saturated carbocycles. The van der Waals surface area contributed by atoms with Crippen molar-refractivity contribution in [3.05, 3.63) is 11.8 Å². The number of fused-ring (bicyclic) bond motifs is 1. The number of aliphatic hydroxyl groups is 1. The summed E-state index contributed by atoms with van der Waals surface area (Å²) in [6.45, 7) is 0. The van der Waals surface area contributed by atoms with Gasteiger partial charge in [-0.2, -0.15) is 0 Å². The van der Waals surface area contributed by atoms with Crippen molar-refractivity contribution in [2.24, 2.45) is 11.8 Å². The number of hydrogen-bond acceptors (Lipinski definition) is 1. The Bertz CT molecular complexity index is 172. The summed E-state index contributed by atoms with van der Waals surface area (Å²) in [7, 11) is 0. The molecule has 0 aromatic heterocycles. The topological polar surface area (TPSA) is 20.2 Å². The molecule has 0 spiro atoms. The van der Waals surface area contributed by atoms with Gasteiger partial charge in [0.2, 0.25) is 0 Å². The number of rotatable bonds is 0. The van der Waals surface area contributed by atoms with Gasteiger partial charge in [0.15, 0.2) is 0 Å². The first-order valence-electron chi connectivity index (χ1n) is 4.74. The maximum atomic E-state index is 9.31. The minimum Gasteiger partial charge on any atom is -0.513 e. The van der Waals surface area contributed by atoms with Gasteiger partial charge in [0, 0.05) is 6.42 Å². The SMILES string of the molecule is OC1=CC[C@@H]2CCCC[C@H]2C1. The summed E-state index contributed by atoms with van der Waals surface area (Å²) in [6.07, 6.45) is 9.66. The lowest BCUT2D eigenvalue weighted by Crippen LogP contribution is -2.22. The molecule has 11 heavy (non-hydrogen) atoms. The maximum Gasteiger partial charge on any atom is 0.0885 e. The molecule has 0 amide bonds. The molecule has 0 unspecified atom stereocenters. The summed E-state index contributed by atoms with van der Waals surface area (Å²) >= 11 is 0. The van der Waals surface area contributed by atoms with E-state index in [0.29, 0.717) is 5.76 Å². The maximum absolute atomic E-state index is 9.31. The molecule has 0 bridgehead atoms. The van der Waals surface area contributed by atoms with E-state index in [1.54, 1.807) is 0 Å². The summed E-state index contributed by atoms with van der Waals surface area (Å²) in [4.78, 5) is 0. The zero-order valence-corrected chi connectivity index (χ0v) is 6.92. The zero-order valence-electron chi connectivity index (χ0n) is 6.92. The van der Waals surface area contributed by atoms with E-state index in [1.165, 1.54) is 25.7 Å². The van der Waals surface area contributed by atoms with Crippen LogP contribution in [0, 0.1) is 11.8 Å².